The number of rotatable bonds is 6. The zero-order valence-electron chi connectivity index (χ0n) is 13.4. The van der Waals surface area contributed by atoms with Gasteiger partial charge in [0.05, 0.1) is 0 Å². The van der Waals surface area contributed by atoms with Crippen LogP contribution < -0.4 is 10.1 Å². The molecule has 0 spiro atoms. The first kappa shape index (κ1) is 16.7. The van der Waals surface area contributed by atoms with Gasteiger partial charge in [-0.25, -0.2) is 0 Å². The zero-order valence-corrected chi connectivity index (χ0v) is 15.0. The van der Waals surface area contributed by atoms with Crippen molar-refractivity contribution in [3.05, 3.63) is 42.5 Å². The fraction of sp³-hybridized carbons (Fsp3) is 0.235. The summed E-state index contributed by atoms with van der Waals surface area (Å²) in [6.45, 7) is 1.92. The minimum atomic E-state index is -0.576. The second kappa shape index (κ2) is 7.63. The minimum Gasteiger partial charge on any atom is -0.481 e. The number of aromatic nitrogens is 2. The Bertz CT molecular complexity index is 850. The first-order valence-electron chi connectivity index (χ1n) is 7.53. The molecule has 1 amide bonds. The molecule has 0 aliphatic rings. The van der Waals surface area contributed by atoms with E-state index in [9.17, 15) is 4.79 Å². The molecule has 7 heteroatoms. The van der Waals surface area contributed by atoms with Gasteiger partial charge in [-0.05, 0) is 35.6 Å². The van der Waals surface area contributed by atoms with Gasteiger partial charge < -0.3 is 4.74 Å². The van der Waals surface area contributed by atoms with Gasteiger partial charge in [0.1, 0.15) is 5.75 Å². The molecule has 3 aromatic rings. The Labute approximate surface area is 148 Å². The topological polar surface area (TPSA) is 64.1 Å². The molecule has 0 aliphatic heterocycles. The molecule has 5 nitrogen and oxygen atoms in total. The van der Waals surface area contributed by atoms with Crippen molar-refractivity contribution in [3.63, 3.8) is 0 Å². The van der Waals surface area contributed by atoms with Crippen LogP contribution in [0.4, 0.5) is 5.13 Å². The highest BCUT2D eigenvalue weighted by Crippen LogP contribution is 2.25. The third-order valence-electron chi connectivity index (χ3n) is 3.47. The Morgan fingerprint density at radius 1 is 1.25 bits per heavy atom. The summed E-state index contributed by atoms with van der Waals surface area (Å²) in [5, 5.41) is 13.4. The molecule has 1 N–H and O–H groups in total. The molecular formula is C17H17N3O2S2. The first-order chi connectivity index (χ1) is 11.7. The Morgan fingerprint density at radius 2 is 2.04 bits per heavy atom. The van der Waals surface area contributed by atoms with Crippen LogP contribution in [0.2, 0.25) is 0 Å². The van der Waals surface area contributed by atoms with E-state index in [4.69, 9.17) is 4.74 Å². The summed E-state index contributed by atoms with van der Waals surface area (Å²) in [5.74, 6) is 0.465. The summed E-state index contributed by atoms with van der Waals surface area (Å²) < 4.78 is 6.69. The van der Waals surface area contributed by atoms with E-state index in [0.717, 1.165) is 15.1 Å². The van der Waals surface area contributed by atoms with Crippen LogP contribution in [0.15, 0.2) is 46.8 Å². The van der Waals surface area contributed by atoms with E-state index < -0.39 is 6.10 Å². The lowest BCUT2D eigenvalue weighted by Crippen LogP contribution is -2.32. The summed E-state index contributed by atoms with van der Waals surface area (Å²) in [4.78, 5) is 12.4. The van der Waals surface area contributed by atoms with E-state index in [1.54, 1.807) is 0 Å². The Morgan fingerprint density at radius 3 is 2.75 bits per heavy atom. The predicted octanol–water partition coefficient (Wildman–Crippen LogP) is 4.21. The van der Waals surface area contributed by atoms with Crippen molar-refractivity contribution in [1.82, 2.24) is 10.2 Å². The third-order valence-corrected chi connectivity index (χ3v) is 5.29. The van der Waals surface area contributed by atoms with Crippen molar-refractivity contribution in [2.45, 2.75) is 23.8 Å². The molecule has 0 saturated carbocycles. The maximum Gasteiger partial charge on any atom is 0.267 e. The summed E-state index contributed by atoms with van der Waals surface area (Å²) >= 11 is 2.85. The van der Waals surface area contributed by atoms with Crippen molar-refractivity contribution in [1.29, 1.82) is 0 Å². The standard InChI is InChI=1S/C17H17N3O2S2/c1-3-14(15(21)18-16-19-20-17(23-2)24-16)22-13-9-8-11-6-4-5-7-12(11)10-13/h4-10,14H,3H2,1-2H3,(H,18,19,21). The molecule has 1 atom stereocenters. The van der Waals surface area contributed by atoms with Gasteiger partial charge in [0.2, 0.25) is 5.13 Å². The molecule has 1 heterocycles. The van der Waals surface area contributed by atoms with E-state index in [0.29, 0.717) is 17.3 Å². The Kier molecular flexibility index (Phi) is 5.32. The molecule has 124 valence electrons. The average molecular weight is 359 g/mol. The lowest BCUT2D eigenvalue weighted by Gasteiger charge is -2.16. The van der Waals surface area contributed by atoms with E-state index in [1.165, 1.54) is 23.1 Å². The Hall–Kier alpha value is -2.12. The largest absolute Gasteiger partial charge is 0.481 e. The summed E-state index contributed by atoms with van der Waals surface area (Å²) in [7, 11) is 0. The highest BCUT2D eigenvalue weighted by atomic mass is 32.2. The van der Waals surface area contributed by atoms with Gasteiger partial charge in [0.15, 0.2) is 10.4 Å². The molecule has 1 aromatic heterocycles. The maximum atomic E-state index is 12.4. The Balaban J connectivity index is 1.71. The number of carbonyl (C=O) groups is 1. The van der Waals surface area contributed by atoms with Gasteiger partial charge in [0, 0.05) is 0 Å². The van der Waals surface area contributed by atoms with Crippen LogP contribution in [-0.2, 0) is 4.79 Å². The van der Waals surface area contributed by atoms with Crippen LogP contribution in [-0.4, -0.2) is 28.5 Å². The van der Waals surface area contributed by atoms with Gasteiger partial charge in [-0.15, -0.1) is 10.2 Å². The number of ether oxygens (including phenoxy) is 1. The molecule has 3 rings (SSSR count). The number of hydrogen-bond acceptors (Lipinski definition) is 6. The molecular weight excluding hydrogens is 342 g/mol. The van der Waals surface area contributed by atoms with E-state index in [-0.39, 0.29) is 5.91 Å². The zero-order chi connectivity index (χ0) is 16.9. The summed E-state index contributed by atoms with van der Waals surface area (Å²) in [6.07, 6.45) is 1.91. The number of hydrogen-bond donors (Lipinski definition) is 1. The van der Waals surface area contributed by atoms with Crippen molar-refractivity contribution in [3.8, 4) is 5.75 Å². The highest BCUT2D eigenvalue weighted by Gasteiger charge is 2.20. The molecule has 0 radical (unpaired) electrons. The molecule has 1 unspecified atom stereocenters. The number of carbonyl (C=O) groups excluding carboxylic acids is 1. The van der Waals surface area contributed by atoms with Crippen LogP contribution in [0.25, 0.3) is 10.8 Å². The lowest BCUT2D eigenvalue weighted by atomic mass is 10.1. The molecule has 0 bridgehead atoms. The van der Waals surface area contributed by atoms with E-state index in [1.807, 2.05) is 55.6 Å². The van der Waals surface area contributed by atoms with Crippen LogP contribution >= 0.6 is 23.1 Å². The molecule has 2 aromatic carbocycles. The molecule has 24 heavy (non-hydrogen) atoms. The van der Waals surface area contributed by atoms with Crippen LogP contribution in [0, 0.1) is 0 Å². The highest BCUT2D eigenvalue weighted by molar-refractivity contribution is 8.00. The number of benzene rings is 2. The summed E-state index contributed by atoms with van der Waals surface area (Å²) in [5.41, 5.74) is 0. The monoisotopic (exact) mass is 359 g/mol. The SMILES string of the molecule is CCC(Oc1ccc2ccccc2c1)C(=O)Nc1nnc(SC)s1. The molecule has 0 saturated heterocycles. The number of amides is 1. The van der Waals surface area contributed by atoms with Crippen molar-refractivity contribution in [2.75, 3.05) is 11.6 Å². The maximum absolute atomic E-state index is 12.4. The van der Waals surface area contributed by atoms with Gasteiger partial charge in [-0.2, -0.15) is 0 Å². The summed E-state index contributed by atoms with van der Waals surface area (Å²) in [6, 6.07) is 13.9. The van der Waals surface area contributed by atoms with Crippen molar-refractivity contribution in [2.24, 2.45) is 0 Å². The second-order valence-electron chi connectivity index (χ2n) is 5.09. The number of anilines is 1. The van der Waals surface area contributed by atoms with Crippen molar-refractivity contribution >= 4 is 44.9 Å². The van der Waals surface area contributed by atoms with E-state index in [2.05, 4.69) is 15.5 Å². The van der Waals surface area contributed by atoms with Crippen LogP contribution in [0.1, 0.15) is 13.3 Å². The number of nitrogens with one attached hydrogen (secondary N) is 1. The first-order valence-corrected chi connectivity index (χ1v) is 9.57. The molecule has 0 fully saturated rings. The fourth-order valence-electron chi connectivity index (χ4n) is 2.26. The van der Waals surface area contributed by atoms with Crippen molar-refractivity contribution < 1.29 is 9.53 Å². The van der Waals surface area contributed by atoms with Gasteiger partial charge >= 0.3 is 0 Å². The van der Waals surface area contributed by atoms with Gasteiger partial charge in [0.25, 0.3) is 5.91 Å². The van der Waals surface area contributed by atoms with Crippen LogP contribution in [0.5, 0.6) is 5.75 Å². The predicted molar refractivity (Wildman–Crippen MR) is 99.0 cm³/mol. The normalized spacial score (nSPS) is 12.1. The van der Waals surface area contributed by atoms with Gasteiger partial charge in [-0.3, -0.25) is 10.1 Å². The average Bonchev–Trinajstić information content (AvgIpc) is 3.07. The molecule has 0 aliphatic carbocycles. The smallest absolute Gasteiger partial charge is 0.267 e. The quantitative estimate of drug-likeness (QED) is 0.528. The second-order valence-corrected chi connectivity index (χ2v) is 7.12. The fourth-order valence-corrected chi connectivity index (χ4v) is 3.43. The van der Waals surface area contributed by atoms with E-state index >= 15 is 0 Å². The van der Waals surface area contributed by atoms with Crippen LogP contribution in [0.3, 0.4) is 0 Å². The number of thioether (sulfide) groups is 1. The number of nitrogens with zero attached hydrogens (tertiary/aromatic N) is 2. The lowest BCUT2D eigenvalue weighted by molar-refractivity contribution is -0.122. The minimum absolute atomic E-state index is 0.213. The van der Waals surface area contributed by atoms with Gasteiger partial charge in [-0.1, -0.05) is 60.4 Å². The number of fused-ring (bicyclic) bond motifs is 1. The third kappa shape index (κ3) is 3.85.